The first-order valence-corrected chi connectivity index (χ1v) is 8.45. The molecule has 0 unspecified atom stereocenters. The van der Waals surface area contributed by atoms with Crippen LogP contribution in [0.3, 0.4) is 0 Å². The Kier molecular flexibility index (Phi) is 5.63. The summed E-state index contributed by atoms with van der Waals surface area (Å²) in [6, 6.07) is 13.5. The molecule has 1 aromatic heterocycles. The third-order valence-electron chi connectivity index (χ3n) is 3.46. The van der Waals surface area contributed by atoms with E-state index in [1.54, 1.807) is 12.1 Å². The van der Waals surface area contributed by atoms with Crippen molar-refractivity contribution in [2.24, 2.45) is 0 Å². The number of rotatable bonds is 6. The Morgan fingerprint density at radius 3 is 2.50 bits per heavy atom. The van der Waals surface area contributed by atoms with Gasteiger partial charge in [-0.3, -0.25) is 0 Å². The molecule has 0 saturated carbocycles. The minimum atomic E-state index is -4.72. The van der Waals surface area contributed by atoms with Crippen LogP contribution in [0, 0.1) is 0 Å². The zero-order valence-electron chi connectivity index (χ0n) is 13.4. The Balaban J connectivity index is 1.60. The van der Waals surface area contributed by atoms with Crippen LogP contribution >= 0.6 is 15.9 Å². The highest BCUT2D eigenvalue weighted by molar-refractivity contribution is 9.10. The van der Waals surface area contributed by atoms with Crippen LogP contribution in [0.1, 0.15) is 11.3 Å². The van der Waals surface area contributed by atoms with Crippen molar-refractivity contribution >= 4 is 15.9 Å². The van der Waals surface area contributed by atoms with Crippen LogP contribution in [0.2, 0.25) is 0 Å². The first kappa shape index (κ1) is 18.5. The molecule has 1 N–H and O–H groups in total. The van der Waals surface area contributed by atoms with Crippen LogP contribution in [-0.4, -0.2) is 11.3 Å². The van der Waals surface area contributed by atoms with Crippen LogP contribution in [0.4, 0.5) is 13.2 Å². The van der Waals surface area contributed by atoms with Crippen LogP contribution in [0.5, 0.6) is 5.75 Å². The van der Waals surface area contributed by atoms with Crippen molar-refractivity contribution < 1.29 is 22.3 Å². The number of alkyl halides is 3. The van der Waals surface area contributed by atoms with Gasteiger partial charge in [0.25, 0.3) is 0 Å². The van der Waals surface area contributed by atoms with Crippen molar-refractivity contribution in [3.8, 4) is 17.2 Å². The number of benzene rings is 2. The van der Waals surface area contributed by atoms with Crippen molar-refractivity contribution in [3.05, 3.63) is 70.5 Å². The fourth-order valence-electron chi connectivity index (χ4n) is 2.31. The van der Waals surface area contributed by atoms with Gasteiger partial charge in [0, 0.05) is 28.7 Å². The van der Waals surface area contributed by atoms with E-state index in [0.717, 1.165) is 10.0 Å². The molecule has 136 valence electrons. The maximum absolute atomic E-state index is 12.4. The standard InChI is InChI=1S/C18H14BrF3N2O2/c19-14-7-5-12(6-8-14)17-24-15(11-25-17)10-23-9-13-3-1-2-4-16(13)26-18(20,21)22/h1-8,11,23H,9-10H2. The minimum absolute atomic E-state index is 0.201. The largest absolute Gasteiger partial charge is 0.573 e. The molecule has 0 saturated heterocycles. The average Bonchev–Trinajstić information content (AvgIpc) is 3.05. The lowest BCUT2D eigenvalue weighted by Crippen LogP contribution is -2.20. The highest BCUT2D eigenvalue weighted by atomic mass is 79.9. The number of hydrogen-bond acceptors (Lipinski definition) is 4. The van der Waals surface area contributed by atoms with E-state index >= 15 is 0 Å². The molecule has 3 rings (SSSR count). The van der Waals surface area contributed by atoms with Gasteiger partial charge in [-0.1, -0.05) is 34.1 Å². The van der Waals surface area contributed by atoms with Gasteiger partial charge in [0.1, 0.15) is 12.0 Å². The normalized spacial score (nSPS) is 11.5. The van der Waals surface area contributed by atoms with Crippen molar-refractivity contribution in [2.45, 2.75) is 19.5 Å². The molecule has 26 heavy (non-hydrogen) atoms. The summed E-state index contributed by atoms with van der Waals surface area (Å²) in [7, 11) is 0. The molecular weight excluding hydrogens is 413 g/mol. The molecule has 2 aromatic carbocycles. The van der Waals surface area contributed by atoms with Gasteiger partial charge in [-0.05, 0) is 30.3 Å². The zero-order chi connectivity index (χ0) is 18.6. The van der Waals surface area contributed by atoms with Crippen LogP contribution in [0.25, 0.3) is 11.5 Å². The fourth-order valence-corrected chi connectivity index (χ4v) is 2.58. The first-order valence-electron chi connectivity index (χ1n) is 7.65. The minimum Gasteiger partial charge on any atom is -0.444 e. The molecule has 0 aliphatic heterocycles. The van der Waals surface area contributed by atoms with Gasteiger partial charge in [-0.15, -0.1) is 13.2 Å². The predicted octanol–water partition coefficient (Wildman–Crippen LogP) is 5.29. The van der Waals surface area contributed by atoms with E-state index in [-0.39, 0.29) is 12.3 Å². The third kappa shape index (κ3) is 5.09. The Morgan fingerprint density at radius 2 is 1.77 bits per heavy atom. The van der Waals surface area contributed by atoms with E-state index in [9.17, 15) is 13.2 Å². The highest BCUT2D eigenvalue weighted by Crippen LogP contribution is 2.26. The Bertz CT molecular complexity index is 863. The van der Waals surface area contributed by atoms with E-state index in [2.05, 4.69) is 31.0 Å². The molecule has 0 bridgehead atoms. The summed E-state index contributed by atoms with van der Waals surface area (Å²) in [5, 5.41) is 3.04. The zero-order valence-corrected chi connectivity index (χ0v) is 15.0. The fraction of sp³-hybridized carbons (Fsp3) is 0.167. The summed E-state index contributed by atoms with van der Waals surface area (Å²) < 4.78 is 47.7. The van der Waals surface area contributed by atoms with E-state index in [1.807, 2.05) is 24.3 Å². The van der Waals surface area contributed by atoms with E-state index in [0.29, 0.717) is 23.7 Å². The summed E-state index contributed by atoms with van der Waals surface area (Å²) in [5.74, 6) is 0.262. The monoisotopic (exact) mass is 426 g/mol. The molecule has 0 atom stereocenters. The number of hydrogen-bond donors (Lipinski definition) is 1. The summed E-state index contributed by atoms with van der Waals surface area (Å²) in [4.78, 5) is 4.37. The summed E-state index contributed by atoms with van der Waals surface area (Å²) >= 11 is 3.36. The van der Waals surface area contributed by atoms with Crippen molar-refractivity contribution in [1.82, 2.24) is 10.3 Å². The molecule has 8 heteroatoms. The highest BCUT2D eigenvalue weighted by Gasteiger charge is 2.31. The second-order valence-corrected chi connectivity index (χ2v) is 6.33. The summed E-state index contributed by atoms with van der Waals surface area (Å²) in [6.07, 6.45) is -3.20. The van der Waals surface area contributed by atoms with Gasteiger partial charge in [0.05, 0.1) is 5.69 Å². The van der Waals surface area contributed by atoms with Crippen LogP contribution < -0.4 is 10.1 Å². The molecule has 3 aromatic rings. The summed E-state index contributed by atoms with van der Waals surface area (Å²) in [6.45, 7) is 0.549. The molecule has 0 aliphatic rings. The SMILES string of the molecule is FC(F)(F)Oc1ccccc1CNCc1coc(-c2ccc(Br)cc2)n1. The molecule has 4 nitrogen and oxygen atoms in total. The Hall–Kier alpha value is -2.32. The maximum atomic E-state index is 12.4. The van der Waals surface area contributed by atoms with Crippen LogP contribution in [-0.2, 0) is 13.1 Å². The average molecular weight is 427 g/mol. The second-order valence-electron chi connectivity index (χ2n) is 5.41. The number of nitrogens with one attached hydrogen (secondary N) is 1. The van der Waals surface area contributed by atoms with Gasteiger partial charge in [0.15, 0.2) is 0 Å². The molecule has 0 amide bonds. The molecular formula is C18H14BrF3N2O2. The number of halogens is 4. The number of para-hydroxylation sites is 1. The van der Waals surface area contributed by atoms with Gasteiger partial charge in [-0.25, -0.2) is 4.98 Å². The lowest BCUT2D eigenvalue weighted by Gasteiger charge is -2.13. The van der Waals surface area contributed by atoms with Crippen molar-refractivity contribution in [2.75, 3.05) is 0 Å². The lowest BCUT2D eigenvalue weighted by molar-refractivity contribution is -0.274. The van der Waals surface area contributed by atoms with Gasteiger partial charge < -0.3 is 14.5 Å². The quantitative estimate of drug-likeness (QED) is 0.581. The Morgan fingerprint density at radius 1 is 1.04 bits per heavy atom. The Labute approximate surface area is 156 Å². The molecule has 0 aliphatic carbocycles. The molecule has 0 spiro atoms. The van der Waals surface area contributed by atoms with Crippen LogP contribution in [0.15, 0.2) is 63.7 Å². The van der Waals surface area contributed by atoms with Gasteiger partial charge in [0.2, 0.25) is 5.89 Å². The number of ether oxygens (including phenoxy) is 1. The first-order chi connectivity index (χ1) is 12.4. The number of aromatic nitrogens is 1. The third-order valence-corrected chi connectivity index (χ3v) is 3.99. The van der Waals surface area contributed by atoms with Gasteiger partial charge in [-0.2, -0.15) is 0 Å². The van der Waals surface area contributed by atoms with E-state index in [1.165, 1.54) is 18.4 Å². The van der Waals surface area contributed by atoms with Crippen molar-refractivity contribution in [3.63, 3.8) is 0 Å². The van der Waals surface area contributed by atoms with Gasteiger partial charge >= 0.3 is 6.36 Å². The van der Waals surface area contributed by atoms with Crippen molar-refractivity contribution in [1.29, 1.82) is 0 Å². The topological polar surface area (TPSA) is 47.3 Å². The number of nitrogens with zero attached hydrogens (tertiary/aromatic N) is 1. The molecule has 1 heterocycles. The smallest absolute Gasteiger partial charge is 0.444 e. The molecule has 0 fully saturated rings. The molecule has 0 radical (unpaired) electrons. The summed E-state index contributed by atoms with van der Waals surface area (Å²) in [5.41, 5.74) is 1.89. The second kappa shape index (κ2) is 7.92. The van der Waals surface area contributed by atoms with E-state index < -0.39 is 6.36 Å². The predicted molar refractivity (Wildman–Crippen MR) is 93.3 cm³/mol. The maximum Gasteiger partial charge on any atom is 0.573 e. The number of oxazole rings is 1. The van der Waals surface area contributed by atoms with E-state index in [4.69, 9.17) is 4.42 Å². The lowest BCUT2D eigenvalue weighted by atomic mass is 10.2.